The van der Waals surface area contributed by atoms with Crippen LogP contribution in [0.5, 0.6) is 0 Å². The molecule has 3 aliphatic heterocycles. The average Bonchev–Trinajstić information content (AvgIpc) is 3.32. The first kappa shape index (κ1) is 21.1. The summed E-state index contributed by atoms with van der Waals surface area (Å²) in [6, 6.07) is 0. The average molecular weight is 410 g/mol. The van der Waals surface area contributed by atoms with Crippen molar-refractivity contribution < 1.29 is 9.59 Å². The second-order valence-electron chi connectivity index (χ2n) is 8.38. The number of amides is 2. The van der Waals surface area contributed by atoms with E-state index in [9.17, 15) is 9.59 Å². The number of hydrogen-bond acceptors (Lipinski definition) is 4. The van der Waals surface area contributed by atoms with Gasteiger partial charge in [0.25, 0.3) is 0 Å². The molecule has 7 nitrogen and oxygen atoms in total. The molecule has 2 atom stereocenters. The first-order valence-corrected chi connectivity index (χ1v) is 10.4. The van der Waals surface area contributed by atoms with Crippen LogP contribution in [0.1, 0.15) is 43.6 Å². The van der Waals surface area contributed by atoms with Crippen molar-refractivity contribution >= 4 is 24.2 Å². The molecule has 3 aliphatic rings. The summed E-state index contributed by atoms with van der Waals surface area (Å²) in [5.41, 5.74) is 1.15. The molecule has 156 valence electrons. The number of piperidine rings is 2. The van der Waals surface area contributed by atoms with Crippen molar-refractivity contribution in [2.75, 3.05) is 39.3 Å². The van der Waals surface area contributed by atoms with Gasteiger partial charge in [-0.15, -0.1) is 12.4 Å². The van der Waals surface area contributed by atoms with Crippen LogP contribution in [0.25, 0.3) is 0 Å². The molecular weight excluding hydrogens is 378 g/mol. The van der Waals surface area contributed by atoms with E-state index in [1.807, 2.05) is 29.0 Å². The van der Waals surface area contributed by atoms with Gasteiger partial charge in [0, 0.05) is 64.9 Å². The van der Waals surface area contributed by atoms with E-state index in [4.69, 9.17) is 0 Å². The molecule has 3 saturated heterocycles. The lowest BCUT2D eigenvalue weighted by atomic mass is 9.88. The maximum Gasteiger partial charge on any atom is 0.227 e. The Morgan fingerprint density at radius 3 is 2.68 bits per heavy atom. The van der Waals surface area contributed by atoms with Crippen LogP contribution in [0.2, 0.25) is 0 Å². The van der Waals surface area contributed by atoms with E-state index in [0.717, 1.165) is 70.5 Å². The Labute approximate surface area is 173 Å². The number of hydrogen-bond donors (Lipinski definition) is 1. The molecule has 0 aromatic carbocycles. The lowest BCUT2D eigenvalue weighted by Crippen LogP contribution is -2.46. The normalized spacial score (nSPS) is 26.4. The van der Waals surface area contributed by atoms with E-state index >= 15 is 0 Å². The van der Waals surface area contributed by atoms with Gasteiger partial charge in [0.05, 0.1) is 12.1 Å². The van der Waals surface area contributed by atoms with E-state index in [1.54, 1.807) is 0 Å². The number of aryl methyl sites for hydroxylation is 1. The maximum atomic E-state index is 13.1. The molecule has 2 amide bonds. The zero-order valence-electron chi connectivity index (χ0n) is 16.7. The summed E-state index contributed by atoms with van der Waals surface area (Å²) in [5, 5.41) is 7.66. The van der Waals surface area contributed by atoms with E-state index in [-0.39, 0.29) is 30.2 Å². The van der Waals surface area contributed by atoms with Crippen molar-refractivity contribution in [3.05, 3.63) is 18.0 Å². The van der Waals surface area contributed by atoms with Crippen molar-refractivity contribution in [2.24, 2.45) is 18.9 Å². The van der Waals surface area contributed by atoms with Crippen LogP contribution in [0.4, 0.5) is 0 Å². The van der Waals surface area contributed by atoms with Crippen LogP contribution in [0.15, 0.2) is 12.4 Å². The Bertz CT molecular complexity index is 686. The van der Waals surface area contributed by atoms with E-state index in [1.165, 1.54) is 0 Å². The van der Waals surface area contributed by atoms with Crippen LogP contribution < -0.4 is 5.32 Å². The van der Waals surface area contributed by atoms with Gasteiger partial charge in [-0.3, -0.25) is 14.3 Å². The van der Waals surface area contributed by atoms with Gasteiger partial charge in [-0.2, -0.15) is 5.10 Å². The molecule has 0 aliphatic carbocycles. The number of likely N-dealkylation sites (tertiary alicyclic amines) is 2. The molecule has 0 unspecified atom stereocenters. The molecule has 1 N–H and O–H groups in total. The molecule has 0 spiro atoms. The van der Waals surface area contributed by atoms with Gasteiger partial charge in [-0.05, 0) is 37.2 Å². The molecular formula is C20H32ClN5O2. The van der Waals surface area contributed by atoms with Crippen molar-refractivity contribution in [1.82, 2.24) is 24.9 Å². The van der Waals surface area contributed by atoms with Gasteiger partial charge in [-0.25, -0.2) is 0 Å². The van der Waals surface area contributed by atoms with Crippen molar-refractivity contribution in [3.63, 3.8) is 0 Å². The number of carbonyl (C=O) groups is 2. The van der Waals surface area contributed by atoms with Crippen LogP contribution in [-0.4, -0.2) is 70.7 Å². The molecule has 0 saturated carbocycles. The highest BCUT2D eigenvalue weighted by molar-refractivity contribution is 5.85. The first-order valence-electron chi connectivity index (χ1n) is 10.4. The molecule has 28 heavy (non-hydrogen) atoms. The highest BCUT2D eigenvalue weighted by atomic mass is 35.5. The van der Waals surface area contributed by atoms with E-state index < -0.39 is 0 Å². The topological polar surface area (TPSA) is 70.5 Å². The number of nitrogens with zero attached hydrogens (tertiary/aromatic N) is 4. The second kappa shape index (κ2) is 9.27. The van der Waals surface area contributed by atoms with Crippen molar-refractivity contribution in [1.29, 1.82) is 0 Å². The monoisotopic (exact) mass is 409 g/mol. The van der Waals surface area contributed by atoms with Crippen molar-refractivity contribution in [3.8, 4) is 0 Å². The Balaban J connectivity index is 0.00000225. The van der Waals surface area contributed by atoms with Crippen molar-refractivity contribution in [2.45, 2.75) is 38.0 Å². The summed E-state index contributed by atoms with van der Waals surface area (Å²) in [4.78, 5) is 29.3. The lowest BCUT2D eigenvalue weighted by Gasteiger charge is -2.37. The van der Waals surface area contributed by atoms with Crippen LogP contribution in [0, 0.1) is 11.8 Å². The minimum absolute atomic E-state index is 0. The van der Waals surface area contributed by atoms with E-state index in [0.29, 0.717) is 18.2 Å². The third-order valence-electron chi connectivity index (χ3n) is 6.51. The van der Waals surface area contributed by atoms with Crippen LogP contribution in [-0.2, 0) is 16.6 Å². The fourth-order valence-electron chi connectivity index (χ4n) is 4.86. The minimum Gasteiger partial charge on any atom is -0.342 e. The van der Waals surface area contributed by atoms with Gasteiger partial charge in [0.1, 0.15) is 0 Å². The third kappa shape index (κ3) is 4.51. The number of carbonyl (C=O) groups excluding carboxylic acids is 2. The molecule has 4 heterocycles. The highest BCUT2D eigenvalue weighted by Crippen LogP contribution is 2.31. The summed E-state index contributed by atoms with van der Waals surface area (Å²) < 4.78 is 1.81. The quantitative estimate of drug-likeness (QED) is 0.815. The predicted molar refractivity (Wildman–Crippen MR) is 109 cm³/mol. The van der Waals surface area contributed by atoms with Gasteiger partial charge in [-0.1, -0.05) is 0 Å². The smallest absolute Gasteiger partial charge is 0.227 e. The standard InChI is InChI=1S/C20H31N5O2.ClH/c1-23-14-16(10-22-23)17-11-21-12-18(17)20(27)24-8-5-15(6-9-24)13-25-7-3-2-4-19(25)26;/h10,14-15,17-18,21H,2-9,11-13H2,1H3;1H/t17-,18+;/m1./s1. The van der Waals surface area contributed by atoms with Gasteiger partial charge in [0.15, 0.2) is 0 Å². The molecule has 0 radical (unpaired) electrons. The van der Waals surface area contributed by atoms with Crippen LogP contribution in [0.3, 0.4) is 0 Å². The summed E-state index contributed by atoms with van der Waals surface area (Å²) in [6.45, 7) is 5.03. The summed E-state index contributed by atoms with van der Waals surface area (Å²) in [7, 11) is 1.92. The fraction of sp³-hybridized carbons (Fsp3) is 0.750. The number of aromatic nitrogens is 2. The lowest BCUT2D eigenvalue weighted by molar-refractivity contribution is -0.138. The molecule has 4 rings (SSSR count). The second-order valence-corrected chi connectivity index (χ2v) is 8.38. The predicted octanol–water partition coefficient (Wildman–Crippen LogP) is 1.40. The first-order chi connectivity index (χ1) is 13.1. The summed E-state index contributed by atoms with van der Waals surface area (Å²) >= 11 is 0. The highest BCUT2D eigenvalue weighted by Gasteiger charge is 2.38. The zero-order valence-corrected chi connectivity index (χ0v) is 17.5. The summed E-state index contributed by atoms with van der Waals surface area (Å²) in [5.74, 6) is 1.36. The Kier molecular flexibility index (Phi) is 6.99. The van der Waals surface area contributed by atoms with Gasteiger partial charge in [0.2, 0.25) is 11.8 Å². The number of nitrogens with one attached hydrogen (secondary N) is 1. The van der Waals surface area contributed by atoms with E-state index in [2.05, 4.69) is 15.3 Å². The molecule has 1 aromatic rings. The summed E-state index contributed by atoms with van der Waals surface area (Å²) in [6.07, 6.45) is 8.81. The van der Waals surface area contributed by atoms with Crippen LogP contribution >= 0.6 is 12.4 Å². The van der Waals surface area contributed by atoms with Gasteiger partial charge < -0.3 is 15.1 Å². The van der Waals surface area contributed by atoms with Gasteiger partial charge >= 0.3 is 0 Å². The molecule has 3 fully saturated rings. The Hall–Kier alpha value is -1.60. The maximum absolute atomic E-state index is 13.1. The molecule has 8 heteroatoms. The Morgan fingerprint density at radius 2 is 2.00 bits per heavy atom. The fourth-order valence-corrected chi connectivity index (χ4v) is 4.86. The number of rotatable bonds is 4. The largest absolute Gasteiger partial charge is 0.342 e. The SMILES string of the molecule is Cl.Cn1cc([C@H]2CNC[C@@H]2C(=O)N2CCC(CN3CCCCC3=O)CC2)cn1. The number of halogens is 1. The molecule has 0 bridgehead atoms. The Morgan fingerprint density at radius 1 is 1.21 bits per heavy atom. The third-order valence-corrected chi connectivity index (χ3v) is 6.51. The molecule has 1 aromatic heterocycles. The minimum atomic E-state index is 0. The zero-order chi connectivity index (χ0) is 18.8.